The molecule has 0 aliphatic rings. The summed E-state index contributed by atoms with van der Waals surface area (Å²) in [6, 6.07) is 5.25. The number of halogens is 1. The van der Waals surface area contributed by atoms with Gasteiger partial charge in [0, 0.05) is 24.1 Å². The Kier molecular flexibility index (Phi) is 7.55. The van der Waals surface area contributed by atoms with Crippen LogP contribution in [0.15, 0.2) is 40.2 Å². The smallest absolute Gasteiger partial charge is 0.244 e. The standard InChI is InChI=1S/C14H21BrN2O3S/c1-3-7-17(8-9-18)21(19,20)14-10-12(11-16-4-2)5-6-13(14)15/h3,5-6,10,16,18H,1,4,7-9,11H2,2H3. The molecule has 0 atom stereocenters. The van der Waals surface area contributed by atoms with Crippen LogP contribution in [-0.2, 0) is 16.6 Å². The van der Waals surface area contributed by atoms with E-state index in [1.165, 1.54) is 10.4 Å². The van der Waals surface area contributed by atoms with Crippen molar-refractivity contribution in [1.82, 2.24) is 9.62 Å². The molecule has 21 heavy (non-hydrogen) atoms. The maximum atomic E-state index is 12.7. The van der Waals surface area contributed by atoms with Crippen LogP contribution in [0.2, 0.25) is 0 Å². The van der Waals surface area contributed by atoms with E-state index in [-0.39, 0.29) is 24.6 Å². The fourth-order valence-electron chi connectivity index (χ4n) is 1.83. The van der Waals surface area contributed by atoms with Crippen molar-refractivity contribution in [3.63, 3.8) is 0 Å². The summed E-state index contributed by atoms with van der Waals surface area (Å²) in [5.74, 6) is 0. The zero-order valence-corrected chi connectivity index (χ0v) is 14.5. The molecule has 0 aromatic heterocycles. The van der Waals surface area contributed by atoms with Crippen molar-refractivity contribution in [3.05, 3.63) is 40.9 Å². The minimum Gasteiger partial charge on any atom is -0.395 e. The number of aliphatic hydroxyl groups excluding tert-OH is 1. The monoisotopic (exact) mass is 376 g/mol. The van der Waals surface area contributed by atoms with E-state index in [0.717, 1.165) is 12.1 Å². The normalized spacial score (nSPS) is 11.8. The first-order chi connectivity index (χ1) is 9.97. The zero-order valence-electron chi connectivity index (χ0n) is 12.0. The number of hydrogen-bond donors (Lipinski definition) is 2. The summed E-state index contributed by atoms with van der Waals surface area (Å²) in [4.78, 5) is 0.202. The Hall–Kier alpha value is -0.730. The predicted molar refractivity (Wildman–Crippen MR) is 87.6 cm³/mol. The molecule has 118 valence electrons. The maximum Gasteiger partial charge on any atom is 0.244 e. The van der Waals surface area contributed by atoms with Crippen LogP contribution in [0.4, 0.5) is 0 Å². The van der Waals surface area contributed by atoms with Crippen LogP contribution in [0.5, 0.6) is 0 Å². The van der Waals surface area contributed by atoms with Crippen LogP contribution >= 0.6 is 15.9 Å². The molecule has 1 aromatic rings. The van der Waals surface area contributed by atoms with Gasteiger partial charge in [-0.1, -0.05) is 19.1 Å². The van der Waals surface area contributed by atoms with Crippen molar-refractivity contribution >= 4 is 26.0 Å². The van der Waals surface area contributed by atoms with Crippen molar-refractivity contribution in [2.24, 2.45) is 0 Å². The largest absolute Gasteiger partial charge is 0.395 e. The van der Waals surface area contributed by atoms with Gasteiger partial charge in [-0.25, -0.2) is 8.42 Å². The first-order valence-electron chi connectivity index (χ1n) is 6.68. The molecule has 0 fully saturated rings. The predicted octanol–water partition coefficient (Wildman–Crippen LogP) is 1.73. The van der Waals surface area contributed by atoms with E-state index in [9.17, 15) is 8.42 Å². The molecule has 1 rings (SSSR count). The lowest BCUT2D eigenvalue weighted by Crippen LogP contribution is -2.34. The van der Waals surface area contributed by atoms with Gasteiger partial charge in [0.1, 0.15) is 0 Å². The minimum absolute atomic E-state index is 0.0399. The van der Waals surface area contributed by atoms with Crippen molar-refractivity contribution < 1.29 is 13.5 Å². The van der Waals surface area contributed by atoms with Gasteiger partial charge in [0.25, 0.3) is 0 Å². The second-order valence-corrected chi connectivity index (χ2v) is 7.18. The Morgan fingerprint density at radius 2 is 2.19 bits per heavy atom. The average Bonchev–Trinajstić information content (AvgIpc) is 2.46. The van der Waals surface area contributed by atoms with Crippen LogP contribution in [0, 0.1) is 0 Å². The van der Waals surface area contributed by atoms with Crippen LogP contribution in [0.1, 0.15) is 12.5 Å². The molecule has 2 N–H and O–H groups in total. The summed E-state index contributed by atoms with van der Waals surface area (Å²) in [6.45, 7) is 6.93. The molecule has 0 unspecified atom stereocenters. The minimum atomic E-state index is -3.68. The number of benzene rings is 1. The Morgan fingerprint density at radius 1 is 1.48 bits per heavy atom. The van der Waals surface area contributed by atoms with Crippen molar-refractivity contribution in [3.8, 4) is 0 Å². The van der Waals surface area contributed by atoms with Gasteiger partial charge >= 0.3 is 0 Å². The number of hydrogen-bond acceptors (Lipinski definition) is 4. The van der Waals surface area contributed by atoms with Gasteiger partial charge in [-0.15, -0.1) is 6.58 Å². The molecule has 7 heteroatoms. The van der Waals surface area contributed by atoms with E-state index in [4.69, 9.17) is 5.11 Å². The molecule has 0 saturated heterocycles. The van der Waals surface area contributed by atoms with Crippen molar-refractivity contribution in [1.29, 1.82) is 0 Å². The molecule has 0 aliphatic heterocycles. The molecular weight excluding hydrogens is 356 g/mol. The first kappa shape index (κ1) is 18.3. The van der Waals surface area contributed by atoms with Gasteiger partial charge in [0.2, 0.25) is 10.0 Å². The van der Waals surface area contributed by atoms with E-state index in [1.54, 1.807) is 12.1 Å². The maximum absolute atomic E-state index is 12.7. The highest BCUT2D eigenvalue weighted by molar-refractivity contribution is 9.10. The third-order valence-electron chi connectivity index (χ3n) is 2.87. The van der Waals surface area contributed by atoms with Crippen LogP contribution in [0.25, 0.3) is 0 Å². The third-order valence-corrected chi connectivity index (χ3v) is 5.73. The van der Waals surface area contributed by atoms with E-state index >= 15 is 0 Å². The summed E-state index contributed by atoms with van der Waals surface area (Å²) < 4.78 is 27.1. The summed E-state index contributed by atoms with van der Waals surface area (Å²) in [6.07, 6.45) is 1.50. The average molecular weight is 377 g/mol. The van der Waals surface area contributed by atoms with Crippen LogP contribution in [-0.4, -0.2) is 44.1 Å². The van der Waals surface area contributed by atoms with Crippen molar-refractivity contribution in [2.75, 3.05) is 26.2 Å². The number of sulfonamides is 1. The quantitative estimate of drug-likeness (QED) is 0.643. The zero-order chi connectivity index (χ0) is 15.9. The number of rotatable bonds is 9. The lowest BCUT2D eigenvalue weighted by atomic mass is 10.2. The molecule has 0 heterocycles. The molecule has 0 amide bonds. The molecule has 5 nitrogen and oxygen atoms in total. The Labute approximate surface area is 134 Å². The third kappa shape index (κ3) is 4.89. The highest BCUT2D eigenvalue weighted by atomic mass is 79.9. The second-order valence-electron chi connectivity index (χ2n) is 4.42. The van der Waals surface area contributed by atoms with Gasteiger partial charge in [-0.3, -0.25) is 0 Å². The number of nitrogens with one attached hydrogen (secondary N) is 1. The molecule has 1 aromatic carbocycles. The molecule has 0 aliphatic carbocycles. The molecule has 0 spiro atoms. The lowest BCUT2D eigenvalue weighted by Gasteiger charge is -2.21. The molecular formula is C14H21BrN2O3S. The fraction of sp³-hybridized carbons (Fsp3) is 0.429. The highest BCUT2D eigenvalue weighted by Crippen LogP contribution is 2.26. The summed E-state index contributed by atoms with van der Waals surface area (Å²) in [5.41, 5.74) is 0.890. The molecule has 0 radical (unpaired) electrons. The number of aliphatic hydroxyl groups is 1. The topological polar surface area (TPSA) is 69.6 Å². The van der Waals surface area contributed by atoms with Crippen LogP contribution in [0.3, 0.4) is 0 Å². The van der Waals surface area contributed by atoms with Gasteiger partial charge in [-0.05, 0) is 40.2 Å². The molecule has 0 bridgehead atoms. The van der Waals surface area contributed by atoms with E-state index in [2.05, 4.69) is 27.8 Å². The Morgan fingerprint density at radius 3 is 2.76 bits per heavy atom. The van der Waals surface area contributed by atoms with Gasteiger partial charge in [0.05, 0.1) is 11.5 Å². The van der Waals surface area contributed by atoms with Gasteiger partial charge < -0.3 is 10.4 Å². The summed E-state index contributed by atoms with van der Waals surface area (Å²) >= 11 is 3.29. The Balaban J connectivity index is 3.18. The highest BCUT2D eigenvalue weighted by Gasteiger charge is 2.25. The first-order valence-corrected chi connectivity index (χ1v) is 8.91. The van der Waals surface area contributed by atoms with E-state index < -0.39 is 10.0 Å². The summed E-state index contributed by atoms with van der Waals surface area (Å²) in [5, 5.41) is 12.2. The fourth-order valence-corrected chi connectivity index (χ4v) is 4.21. The second kappa shape index (κ2) is 8.65. The van der Waals surface area contributed by atoms with E-state index in [1.807, 2.05) is 13.0 Å². The van der Waals surface area contributed by atoms with Gasteiger partial charge in [0.15, 0.2) is 0 Å². The van der Waals surface area contributed by atoms with Crippen LogP contribution < -0.4 is 5.32 Å². The van der Waals surface area contributed by atoms with Crippen molar-refractivity contribution in [2.45, 2.75) is 18.4 Å². The Bertz CT molecular complexity index is 576. The SMILES string of the molecule is C=CCN(CCO)S(=O)(=O)c1cc(CNCC)ccc1Br. The molecule has 0 saturated carbocycles. The summed E-state index contributed by atoms with van der Waals surface area (Å²) in [7, 11) is -3.68. The lowest BCUT2D eigenvalue weighted by molar-refractivity contribution is 0.260. The van der Waals surface area contributed by atoms with Gasteiger partial charge in [-0.2, -0.15) is 4.31 Å². The number of nitrogens with zero attached hydrogens (tertiary/aromatic N) is 1. The van der Waals surface area contributed by atoms with E-state index in [0.29, 0.717) is 11.0 Å².